The number of ether oxygens (including phenoxy) is 2. The quantitative estimate of drug-likeness (QED) is 0.336. The lowest BCUT2D eigenvalue weighted by atomic mass is 10.2. The molecule has 0 aliphatic heterocycles. The molecule has 1 heterocycles. The molecule has 3 rings (SSSR count). The Morgan fingerprint density at radius 1 is 1.29 bits per heavy atom. The Morgan fingerprint density at radius 3 is 2.71 bits per heavy atom. The van der Waals surface area contributed by atoms with Crippen LogP contribution in [0.4, 0.5) is 16.6 Å². The molecule has 28 heavy (non-hydrogen) atoms. The van der Waals surface area contributed by atoms with Crippen LogP contribution < -0.4 is 20.6 Å². The van der Waals surface area contributed by atoms with Gasteiger partial charge in [0.15, 0.2) is 11.5 Å². The molecule has 0 radical (unpaired) electrons. The van der Waals surface area contributed by atoms with Crippen molar-refractivity contribution in [3.05, 3.63) is 69.1 Å². The molecule has 0 aliphatic rings. The fourth-order valence-electron chi connectivity index (χ4n) is 2.26. The summed E-state index contributed by atoms with van der Waals surface area (Å²) < 4.78 is 11.1. The van der Waals surface area contributed by atoms with Crippen LogP contribution >= 0.6 is 11.3 Å². The summed E-state index contributed by atoms with van der Waals surface area (Å²) in [7, 11) is 1.55. The molecule has 1 aromatic heterocycles. The van der Waals surface area contributed by atoms with E-state index in [2.05, 4.69) is 15.5 Å². The van der Waals surface area contributed by atoms with Gasteiger partial charge < -0.3 is 15.2 Å². The summed E-state index contributed by atoms with van der Waals surface area (Å²) in [5.74, 6) is 1.54. The van der Waals surface area contributed by atoms with Gasteiger partial charge in [0.2, 0.25) is 5.13 Å². The number of rotatable bonds is 8. The fourth-order valence-corrected chi connectivity index (χ4v) is 2.81. The number of hydrogen-bond acceptors (Lipinski definition) is 9. The van der Waals surface area contributed by atoms with E-state index in [-0.39, 0.29) is 12.3 Å². The molecule has 3 aromatic rings. The number of nitrogen functional groups attached to an aromatic ring is 1. The van der Waals surface area contributed by atoms with Gasteiger partial charge in [0.1, 0.15) is 12.4 Å². The number of nitro benzene ring substituents is 1. The smallest absolute Gasteiger partial charge is 0.269 e. The van der Waals surface area contributed by atoms with Crippen molar-refractivity contribution >= 4 is 34.2 Å². The first-order valence-corrected chi connectivity index (χ1v) is 8.97. The zero-order valence-corrected chi connectivity index (χ0v) is 15.7. The molecule has 0 fully saturated rings. The number of nitrogens with zero attached hydrogens (tertiary/aromatic N) is 3. The minimum atomic E-state index is -0.438. The Balaban J connectivity index is 1.63. The third-order valence-corrected chi connectivity index (χ3v) is 4.39. The van der Waals surface area contributed by atoms with Crippen LogP contribution in [0.5, 0.6) is 11.5 Å². The van der Waals surface area contributed by atoms with Gasteiger partial charge >= 0.3 is 0 Å². The molecule has 0 saturated carbocycles. The van der Waals surface area contributed by atoms with Crippen molar-refractivity contribution < 1.29 is 14.4 Å². The molecule has 0 atom stereocenters. The molecule has 144 valence electrons. The van der Waals surface area contributed by atoms with Gasteiger partial charge in [0.25, 0.3) is 5.69 Å². The number of hydrogen-bond donors (Lipinski definition) is 2. The van der Waals surface area contributed by atoms with Crippen molar-refractivity contribution in [3.8, 4) is 11.5 Å². The van der Waals surface area contributed by atoms with Crippen LogP contribution in [0.3, 0.4) is 0 Å². The van der Waals surface area contributed by atoms with E-state index in [0.29, 0.717) is 22.4 Å². The van der Waals surface area contributed by atoms with Gasteiger partial charge in [-0.3, -0.25) is 15.5 Å². The normalized spacial score (nSPS) is 10.8. The molecule has 0 unspecified atom stereocenters. The predicted molar refractivity (Wildman–Crippen MR) is 108 cm³/mol. The van der Waals surface area contributed by atoms with Gasteiger partial charge in [0.05, 0.1) is 18.2 Å². The van der Waals surface area contributed by atoms with Crippen LogP contribution in [0.1, 0.15) is 11.1 Å². The van der Waals surface area contributed by atoms with E-state index in [0.717, 1.165) is 11.1 Å². The minimum Gasteiger partial charge on any atom is -0.493 e. The molecule has 0 amide bonds. The summed E-state index contributed by atoms with van der Waals surface area (Å²) in [6.07, 6.45) is 1.63. The summed E-state index contributed by atoms with van der Waals surface area (Å²) in [4.78, 5) is 14.3. The van der Waals surface area contributed by atoms with Gasteiger partial charge in [0, 0.05) is 17.5 Å². The van der Waals surface area contributed by atoms with Crippen molar-refractivity contribution in [2.75, 3.05) is 18.3 Å². The SMILES string of the molecule is COc1cc(C=NNc2nc(N)cs2)ccc1OCc1ccc([N+](=O)[O-])cc1. The minimum absolute atomic E-state index is 0.0408. The molecule has 0 saturated heterocycles. The van der Waals surface area contributed by atoms with Crippen LogP contribution in [-0.2, 0) is 6.61 Å². The lowest BCUT2D eigenvalue weighted by Crippen LogP contribution is -1.99. The molecule has 2 aromatic carbocycles. The number of anilines is 2. The second kappa shape index (κ2) is 8.82. The van der Waals surface area contributed by atoms with Crippen LogP contribution in [0, 0.1) is 10.1 Å². The second-order valence-electron chi connectivity index (χ2n) is 5.57. The Kier molecular flexibility index (Phi) is 6.02. The summed E-state index contributed by atoms with van der Waals surface area (Å²) in [5, 5.41) is 17.1. The fraction of sp³-hybridized carbons (Fsp3) is 0.111. The summed E-state index contributed by atoms with van der Waals surface area (Å²) >= 11 is 1.36. The third-order valence-electron chi connectivity index (χ3n) is 3.62. The van der Waals surface area contributed by atoms with Gasteiger partial charge in [-0.15, -0.1) is 11.3 Å². The van der Waals surface area contributed by atoms with Crippen LogP contribution in [0.2, 0.25) is 0 Å². The highest BCUT2D eigenvalue weighted by atomic mass is 32.1. The standard InChI is InChI=1S/C18H17N5O4S/c1-26-16-8-13(9-20-22-18-21-17(19)11-28-18)4-7-15(16)27-10-12-2-5-14(6-3-12)23(24)25/h2-9,11H,10,19H2,1H3,(H,21,22). The number of benzene rings is 2. The zero-order valence-electron chi connectivity index (χ0n) is 14.9. The maximum Gasteiger partial charge on any atom is 0.269 e. The number of hydrazone groups is 1. The molecule has 0 aliphatic carbocycles. The van der Waals surface area contributed by atoms with Crippen LogP contribution in [-0.4, -0.2) is 23.2 Å². The number of nitrogens with one attached hydrogen (secondary N) is 1. The first-order chi connectivity index (χ1) is 13.5. The number of nitro groups is 1. The molecule has 0 spiro atoms. The van der Waals surface area contributed by atoms with E-state index in [1.807, 2.05) is 6.07 Å². The zero-order chi connectivity index (χ0) is 19.9. The third kappa shape index (κ3) is 4.95. The lowest BCUT2D eigenvalue weighted by Gasteiger charge is -2.11. The van der Waals surface area contributed by atoms with Gasteiger partial charge in [-0.05, 0) is 41.5 Å². The molecule has 9 nitrogen and oxygen atoms in total. The van der Waals surface area contributed by atoms with Crippen molar-refractivity contribution in [2.45, 2.75) is 6.61 Å². The summed E-state index contributed by atoms with van der Waals surface area (Å²) in [6.45, 7) is 0.259. The van der Waals surface area contributed by atoms with Gasteiger partial charge in [-0.2, -0.15) is 5.10 Å². The number of nitrogens with two attached hydrogens (primary N) is 1. The number of thiazole rings is 1. The monoisotopic (exact) mass is 399 g/mol. The first-order valence-electron chi connectivity index (χ1n) is 8.09. The van der Waals surface area contributed by atoms with E-state index < -0.39 is 4.92 Å². The molecule has 0 bridgehead atoms. The Labute approximate surface area is 164 Å². The highest BCUT2D eigenvalue weighted by molar-refractivity contribution is 7.14. The largest absolute Gasteiger partial charge is 0.493 e. The van der Waals surface area contributed by atoms with E-state index in [1.165, 1.54) is 23.5 Å². The maximum atomic E-state index is 10.7. The van der Waals surface area contributed by atoms with E-state index in [1.54, 1.807) is 43.0 Å². The molecule has 10 heteroatoms. The van der Waals surface area contributed by atoms with Crippen LogP contribution in [0.15, 0.2) is 52.9 Å². The highest BCUT2D eigenvalue weighted by Gasteiger charge is 2.08. The Morgan fingerprint density at radius 2 is 2.07 bits per heavy atom. The van der Waals surface area contributed by atoms with Crippen molar-refractivity contribution in [3.63, 3.8) is 0 Å². The first kappa shape index (κ1) is 19.1. The number of aromatic nitrogens is 1. The Hall–Kier alpha value is -3.66. The molecular weight excluding hydrogens is 382 g/mol. The van der Waals surface area contributed by atoms with Crippen molar-refractivity contribution in [2.24, 2.45) is 5.10 Å². The average molecular weight is 399 g/mol. The Bertz CT molecular complexity index is 988. The molecular formula is C18H17N5O4S. The second-order valence-corrected chi connectivity index (χ2v) is 6.43. The van der Waals surface area contributed by atoms with Crippen LogP contribution in [0.25, 0.3) is 0 Å². The van der Waals surface area contributed by atoms with Crippen molar-refractivity contribution in [1.82, 2.24) is 4.98 Å². The average Bonchev–Trinajstić information content (AvgIpc) is 3.12. The predicted octanol–water partition coefficient (Wildman–Crippen LogP) is 3.67. The topological polar surface area (TPSA) is 125 Å². The summed E-state index contributed by atoms with van der Waals surface area (Å²) in [6, 6.07) is 11.6. The van der Waals surface area contributed by atoms with E-state index in [4.69, 9.17) is 15.2 Å². The van der Waals surface area contributed by atoms with E-state index >= 15 is 0 Å². The van der Waals surface area contributed by atoms with Gasteiger partial charge in [-0.25, -0.2) is 4.98 Å². The van der Waals surface area contributed by atoms with Crippen molar-refractivity contribution in [1.29, 1.82) is 0 Å². The highest BCUT2D eigenvalue weighted by Crippen LogP contribution is 2.28. The number of methoxy groups -OCH3 is 1. The number of non-ortho nitro benzene ring substituents is 1. The summed E-state index contributed by atoms with van der Waals surface area (Å²) in [5.41, 5.74) is 10.0. The van der Waals surface area contributed by atoms with E-state index in [9.17, 15) is 10.1 Å². The molecule has 3 N–H and O–H groups in total. The maximum absolute atomic E-state index is 10.7. The van der Waals surface area contributed by atoms with Gasteiger partial charge in [-0.1, -0.05) is 0 Å². The lowest BCUT2D eigenvalue weighted by molar-refractivity contribution is -0.384.